The molecule has 0 aliphatic carbocycles. The molecular formula is C9H17NO3. The number of amides is 1. The first kappa shape index (κ1) is 12.1. The van der Waals surface area contributed by atoms with Crippen LogP contribution in [0.3, 0.4) is 0 Å². The third-order valence-electron chi connectivity index (χ3n) is 1.66. The number of hydrogen-bond acceptors (Lipinski definition) is 3. The van der Waals surface area contributed by atoms with Gasteiger partial charge in [-0.15, -0.1) is 0 Å². The number of carbonyl (C=O) groups excluding carboxylic acids is 2. The van der Waals surface area contributed by atoms with Crippen LogP contribution in [0.1, 0.15) is 27.2 Å². The number of nitrogens with one attached hydrogen (secondary N) is 1. The van der Waals surface area contributed by atoms with Crippen LogP contribution in [0.25, 0.3) is 0 Å². The maximum Gasteiger partial charge on any atom is 0.222 e. The molecular weight excluding hydrogens is 170 g/mol. The van der Waals surface area contributed by atoms with Crippen molar-refractivity contribution in [2.24, 2.45) is 0 Å². The van der Waals surface area contributed by atoms with Crippen LogP contribution in [0, 0.1) is 0 Å². The van der Waals surface area contributed by atoms with Crippen LogP contribution in [0.5, 0.6) is 0 Å². The van der Waals surface area contributed by atoms with Crippen molar-refractivity contribution in [1.29, 1.82) is 0 Å². The highest BCUT2D eigenvalue weighted by atomic mass is 16.5. The summed E-state index contributed by atoms with van der Waals surface area (Å²) in [5.41, 5.74) is 0. The average molecular weight is 187 g/mol. The average Bonchev–Trinajstić information content (AvgIpc) is 2.04. The van der Waals surface area contributed by atoms with Gasteiger partial charge in [-0.3, -0.25) is 9.59 Å². The van der Waals surface area contributed by atoms with E-state index in [0.717, 1.165) is 0 Å². The van der Waals surface area contributed by atoms with E-state index in [0.29, 0.717) is 19.6 Å². The lowest BCUT2D eigenvalue weighted by molar-refractivity contribution is -0.127. The normalized spacial score (nSPS) is 12.2. The smallest absolute Gasteiger partial charge is 0.222 e. The maximum atomic E-state index is 11.1. The molecule has 1 N–H and O–H groups in total. The molecule has 4 heteroatoms. The van der Waals surface area contributed by atoms with Crippen LogP contribution in [-0.2, 0) is 14.3 Å². The van der Waals surface area contributed by atoms with Crippen LogP contribution in [0.15, 0.2) is 0 Å². The lowest BCUT2D eigenvalue weighted by Crippen LogP contribution is -2.37. The highest BCUT2D eigenvalue weighted by Crippen LogP contribution is 1.87. The van der Waals surface area contributed by atoms with Gasteiger partial charge in [-0.25, -0.2) is 0 Å². The molecule has 0 aromatic carbocycles. The van der Waals surface area contributed by atoms with E-state index in [1.165, 1.54) is 6.92 Å². The van der Waals surface area contributed by atoms with E-state index in [1.807, 2.05) is 6.92 Å². The number of hydrogen-bond donors (Lipinski definition) is 1. The molecule has 76 valence electrons. The van der Waals surface area contributed by atoms with Gasteiger partial charge in [-0.1, -0.05) is 0 Å². The number of rotatable bonds is 6. The number of ketones is 1. The first-order valence-corrected chi connectivity index (χ1v) is 4.45. The van der Waals surface area contributed by atoms with Gasteiger partial charge in [0.1, 0.15) is 0 Å². The van der Waals surface area contributed by atoms with Crippen LogP contribution in [0.4, 0.5) is 0 Å². The van der Waals surface area contributed by atoms with Crippen molar-refractivity contribution in [3.05, 3.63) is 0 Å². The highest BCUT2D eigenvalue weighted by molar-refractivity contribution is 5.87. The molecule has 0 heterocycles. The van der Waals surface area contributed by atoms with Gasteiger partial charge >= 0.3 is 0 Å². The Hall–Kier alpha value is -0.900. The summed E-state index contributed by atoms with van der Waals surface area (Å²) in [4.78, 5) is 21.9. The first-order valence-electron chi connectivity index (χ1n) is 4.45. The Morgan fingerprint density at radius 2 is 2.08 bits per heavy atom. The Kier molecular flexibility index (Phi) is 6.14. The van der Waals surface area contributed by atoms with Gasteiger partial charge in [-0.05, 0) is 20.8 Å². The molecule has 4 nitrogen and oxygen atoms in total. The van der Waals surface area contributed by atoms with E-state index < -0.39 is 6.04 Å². The lowest BCUT2D eigenvalue weighted by Gasteiger charge is -2.09. The maximum absolute atomic E-state index is 11.1. The van der Waals surface area contributed by atoms with Gasteiger partial charge in [0.2, 0.25) is 5.91 Å². The molecule has 13 heavy (non-hydrogen) atoms. The van der Waals surface area contributed by atoms with E-state index in [2.05, 4.69) is 5.32 Å². The van der Waals surface area contributed by atoms with Crippen molar-refractivity contribution < 1.29 is 14.3 Å². The van der Waals surface area contributed by atoms with Crippen LogP contribution < -0.4 is 5.32 Å². The molecule has 0 radical (unpaired) electrons. The highest BCUT2D eigenvalue weighted by Gasteiger charge is 2.10. The summed E-state index contributed by atoms with van der Waals surface area (Å²) in [5.74, 6) is -0.180. The minimum Gasteiger partial charge on any atom is -0.381 e. The predicted octanol–water partition coefficient (Wildman–Crippen LogP) is 0.507. The molecule has 0 rings (SSSR count). The zero-order valence-corrected chi connectivity index (χ0v) is 8.42. The molecule has 0 aromatic rings. The van der Waals surface area contributed by atoms with Crippen molar-refractivity contribution in [3.63, 3.8) is 0 Å². The lowest BCUT2D eigenvalue weighted by atomic mass is 10.2. The first-order chi connectivity index (χ1) is 6.07. The fourth-order valence-corrected chi connectivity index (χ4v) is 0.724. The molecule has 1 unspecified atom stereocenters. The van der Waals surface area contributed by atoms with Crippen molar-refractivity contribution in [1.82, 2.24) is 5.32 Å². The third kappa shape index (κ3) is 6.28. The van der Waals surface area contributed by atoms with Gasteiger partial charge in [0, 0.05) is 13.0 Å². The van der Waals surface area contributed by atoms with Crippen molar-refractivity contribution in [2.75, 3.05) is 13.2 Å². The minimum atomic E-state index is -0.394. The predicted molar refractivity (Wildman–Crippen MR) is 49.4 cm³/mol. The Morgan fingerprint density at radius 3 is 2.54 bits per heavy atom. The molecule has 1 amide bonds. The fraction of sp³-hybridized carbons (Fsp3) is 0.778. The number of Topliss-reactive ketones (excluding diaryl/α,β-unsaturated/α-hetero) is 1. The SMILES string of the molecule is CCOCCC(=O)NC(C)C(C)=O. The summed E-state index contributed by atoms with van der Waals surface area (Å²) >= 11 is 0. The quantitative estimate of drug-likeness (QED) is 0.616. The molecule has 0 aliphatic rings. The summed E-state index contributed by atoms with van der Waals surface area (Å²) in [6.07, 6.45) is 0.311. The van der Waals surface area contributed by atoms with Crippen LogP contribution >= 0.6 is 0 Å². The Labute approximate surface area is 78.6 Å². The topological polar surface area (TPSA) is 55.4 Å². The molecule has 0 bridgehead atoms. The molecule has 0 spiro atoms. The van der Waals surface area contributed by atoms with Gasteiger partial charge in [0.05, 0.1) is 12.6 Å². The molecule has 1 atom stereocenters. The van der Waals surface area contributed by atoms with Gasteiger partial charge in [0.25, 0.3) is 0 Å². The van der Waals surface area contributed by atoms with E-state index in [1.54, 1.807) is 6.92 Å². The van der Waals surface area contributed by atoms with E-state index in [-0.39, 0.29) is 11.7 Å². The summed E-state index contributed by atoms with van der Waals surface area (Å²) in [5, 5.41) is 2.57. The van der Waals surface area contributed by atoms with Crippen LogP contribution in [0.2, 0.25) is 0 Å². The molecule has 0 fully saturated rings. The van der Waals surface area contributed by atoms with Gasteiger partial charge < -0.3 is 10.1 Å². The van der Waals surface area contributed by atoms with E-state index >= 15 is 0 Å². The largest absolute Gasteiger partial charge is 0.381 e. The zero-order valence-electron chi connectivity index (χ0n) is 8.42. The zero-order chi connectivity index (χ0) is 10.3. The van der Waals surface area contributed by atoms with Crippen molar-refractivity contribution >= 4 is 11.7 Å². The Bertz CT molecular complexity index is 180. The van der Waals surface area contributed by atoms with Gasteiger partial charge in [-0.2, -0.15) is 0 Å². The number of ether oxygens (including phenoxy) is 1. The number of carbonyl (C=O) groups is 2. The second-order valence-corrected chi connectivity index (χ2v) is 2.85. The van der Waals surface area contributed by atoms with Gasteiger partial charge in [0.15, 0.2) is 5.78 Å². The standard InChI is InChI=1S/C9H17NO3/c1-4-13-6-5-9(12)10-7(2)8(3)11/h7H,4-6H2,1-3H3,(H,10,12). The Morgan fingerprint density at radius 1 is 1.46 bits per heavy atom. The summed E-state index contributed by atoms with van der Waals surface area (Å²) in [6, 6.07) is -0.394. The molecule has 0 saturated heterocycles. The van der Waals surface area contributed by atoms with Crippen molar-refractivity contribution in [3.8, 4) is 0 Å². The molecule has 0 aromatic heterocycles. The van der Waals surface area contributed by atoms with E-state index in [9.17, 15) is 9.59 Å². The second-order valence-electron chi connectivity index (χ2n) is 2.85. The second kappa shape index (κ2) is 6.60. The molecule has 0 saturated carbocycles. The minimum absolute atomic E-state index is 0.0373. The monoisotopic (exact) mass is 187 g/mol. The summed E-state index contributed by atoms with van der Waals surface area (Å²) in [7, 11) is 0. The van der Waals surface area contributed by atoms with Crippen LogP contribution in [-0.4, -0.2) is 30.9 Å². The van der Waals surface area contributed by atoms with E-state index in [4.69, 9.17) is 4.74 Å². The Balaban J connectivity index is 3.56. The molecule has 0 aliphatic heterocycles. The van der Waals surface area contributed by atoms with Crippen molar-refractivity contribution in [2.45, 2.75) is 33.2 Å². The summed E-state index contributed by atoms with van der Waals surface area (Å²) < 4.78 is 5.00. The fourth-order valence-electron chi connectivity index (χ4n) is 0.724. The third-order valence-corrected chi connectivity index (χ3v) is 1.66. The summed E-state index contributed by atoms with van der Waals surface area (Å²) in [6.45, 7) is 6.01.